The Morgan fingerprint density at radius 2 is 1.59 bits per heavy atom. The van der Waals surface area contributed by atoms with Gasteiger partial charge in [-0.05, 0) is 90.8 Å². The highest BCUT2D eigenvalue weighted by molar-refractivity contribution is 5.76. The lowest BCUT2D eigenvalue weighted by atomic mass is 9.31. The smallest absolute Gasteiger partial charge is 0.310 e. The zero-order valence-electron chi connectivity index (χ0n) is 29.7. The first-order valence-corrected chi connectivity index (χ1v) is 18.3. The molecule has 4 saturated carbocycles. The summed E-state index contributed by atoms with van der Waals surface area (Å²) in [6, 6.07) is 0. The van der Waals surface area contributed by atoms with Gasteiger partial charge in [0.25, 0.3) is 0 Å². The maximum atomic E-state index is 13.1. The molecule has 0 radical (unpaired) electrons. The monoisotopic (exact) mass is 696 g/mol. The highest BCUT2D eigenvalue weighted by Gasteiger charge is 2.74. The van der Waals surface area contributed by atoms with Gasteiger partial charge in [-0.15, -0.1) is 0 Å². The van der Waals surface area contributed by atoms with E-state index in [1.54, 1.807) is 0 Å². The molecule has 6 rings (SSSR count). The van der Waals surface area contributed by atoms with Crippen molar-refractivity contribution < 1.29 is 60.2 Å². The predicted molar refractivity (Wildman–Crippen MR) is 175 cm³/mol. The lowest BCUT2D eigenvalue weighted by molar-refractivity contribution is -0.345. The molecule has 0 spiro atoms. The van der Waals surface area contributed by atoms with E-state index >= 15 is 0 Å². The van der Waals surface area contributed by atoms with Crippen molar-refractivity contribution in [1.29, 1.82) is 0 Å². The van der Waals surface area contributed by atoms with Crippen LogP contribution < -0.4 is 0 Å². The van der Waals surface area contributed by atoms with Crippen LogP contribution in [0.3, 0.4) is 0 Å². The van der Waals surface area contributed by atoms with Crippen molar-refractivity contribution in [2.45, 2.75) is 129 Å². The summed E-state index contributed by atoms with van der Waals surface area (Å²) < 4.78 is 11.8. The molecule has 49 heavy (non-hydrogen) atoms. The van der Waals surface area contributed by atoms with Crippen LogP contribution in [0.2, 0.25) is 0 Å². The Bertz CT molecular complexity index is 1310. The third kappa shape index (κ3) is 5.02. The van der Waals surface area contributed by atoms with Crippen molar-refractivity contribution in [3.63, 3.8) is 0 Å². The van der Waals surface area contributed by atoms with E-state index in [0.717, 1.165) is 12.0 Å². The van der Waals surface area contributed by atoms with Gasteiger partial charge in [0.2, 0.25) is 0 Å². The van der Waals surface area contributed by atoms with E-state index in [1.807, 2.05) is 13.8 Å². The molecule has 1 aliphatic heterocycles. The topological polar surface area (TPSA) is 218 Å². The fourth-order valence-corrected chi connectivity index (χ4v) is 12.9. The highest BCUT2D eigenvalue weighted by atomic mass is 16.7. The number of hydrogen-bond donors (Lipinski definition) is 9. The Balaban J connectivity index is 1.44. The second kappa shape index (κ2) is 12.5. The van der Waals surface area contributed by atoms with Gasteiger partial charge in [-0.25, -0.2) is 0 Å². The van der Waals surface area contributed by atoms with Crippen molar-refractivity contribution in [2.75, 3.05) is 26.4 Å². The number of allylic oxidation sites excluding steroid dienone is 2. The summed E-state index contributed by atoms with van der Waals surface area (Å²) >= 11 is 0. The summed E-state index contributed by atoms with van der Waals surface area (Å²) in [7, 11) is 0. The Hall–Kier alpha value is -1.19. The van der Waals surface area contributed by atoms with Crippen LogP contribution in [0, 0.1) is 56.2 Å². The molecule has 280 valence electrons. The van der Waals surface area contributed by atoms with Gasteiger partial charge in [-0.3, -0.25) is 4.79 Å². The fraction of sp³-hybridized carbons (Fsp3) is 0.919. The first kappa shape index (κ1) is 37.6. The number of hydrogen-bond acceptors (Lipinski definition) is 11. The number of aliphatic hydroxyl groups excluding tert-OH is 8. The molecule has 0 aromatic heterocycles. The van der Waals surface area contributed by atoms with Crippen LogP contribution in [-0.2, 0) is 14.3 Å². The van der Waals surface area contributed by atoms with E-state index in [0.29, 0.717) is 44.9 Å². The van der Waals surface area contributed by atoms with Crippen molar-refractivity contribution in [3.05, 3.63) is 11.6 Å². The summed E-state index contributed by atoms with van der Waals surface area (Å²) in [5.41, 5.74) is -2.89. The summed E-state index contributed by atoms with van der Waals surface area (Å²) in [4.78, 5) is 13.1. The van der Waals surface area contributed by atoms with Gasteiger partial charge in [0.1, 0.15) is 18.3 Å². The average molecular weight is 697 g/mol. The van der Waals surface area contributed by atoms with Crippen LogP contribution >= 0.6 is 0 Å². The molecule has 5 fully saturated rings. The number of fused-ring (bicyclic) bond motifs is 7. The Morgan fingerprint density at radius 3 is 2.20 bits per heavy atom. The number of aliphatic carboxylic acids is 1. The van der Waals surface area contributed by atoms with Gasteiger partial charge in [-0.1, -0.05) is 46.3 Å². The van der Waals surface area contributed by atoms with Gasteiger partial charge in [-0.2, -0.15) is 0 Å². The van der Waals surface area contributed by atoms with Crippen LogP contribution in [0.5, 0.6) is 0 Å². The van der Waals surface area contributed by atoms with Crippen LogP contribution in [0.15, 0.2) is 11.6 Å². The van der Waals surface area contributed by atoms with Crippen LogP contribution in [0.25, 0.3) is 0 Å². The molecular formula is C37H60O12. The number of carboxylic acid groups (broad SMARTS) is 1. The summed E-state index contributed by atoms with van der Waals surface area (Å²) in [6.45, 7) is 9.12. The molecule has 0 amide bonds. The minimum Gasteiger partial charge on any atom is -0.481 e. The molecule has 0 aromatic rings. The van der Waals surface area contributed by atoms with E-state index < -0.39 is 95.1 Å². The first-order chi connectivity index (χ1) is 22.8. The third-order valence-electron chi connectivity index (χ3n) is 16.0. The number of aliphatic hydroxyl groups is 8. The molecule has 12 heteroatoms. The Labute approximate surface area is 289 Å². The second-order valence-electron chi connectivity index (χ2n) is 18.1. The van der Waals surface area contributed by atoms with Crippen LogP contribution in [0.4, 0.5) is 0 Å². The normalized spacial score (nSPS) is 54.8. The standard InChI is InChI=1S/C37H60O12/c1-32(17-39)10-12-37(31(46)47)13-11-34(3)19(20(37)14-32)6-7-24-35(34,4)9-8-23-33(2,18-40)29(27(44)25(21(41)15-38)36(23,24)5)49-30-28(45)26(43)22(42)16-48-30/h6,20-30,38-45H,7-18H2,1-5H3,(H,46,47)/t20-,21+,22+,23+,24-,25+,26-,27+,28+,29+,30-,32-,33-,34+,35+,36-,37-/m0/s1. The van der Waals surface area contributed by atoms with Crippen LogP contribution in [-0.4, -0.2) is 121 Å². The quantitative estimate of drug-likeness (QED) is 0.136. The molecular weight excluding hydrogens is 636 g/mol. The Kier molecular flexibility index (Phi) is 9.55. The Morgan fingerprint density at radius 1 is 0.918 bits per heavy atom. The van der Waals surface area contributed by atoms with E-state index in [4.69, 9.17) is 9.47 Å². The van der Waals surface area contributed by atoms with E-state index in [1.165, 1.54) is 0 Å². The number of ether oxygens (including phenoxy) is 2. The molecule has 17 atom stereocenters. The SMILES string of the molecule is C[C@]1(CO)CC[C@]2(C(=O)O)CC[C@]3(C)C(=CC[C@@H]4[C@@]5(C)[C@H]([C@H](O)CO)[C@@H](O)[C@@H](O[C@@H]6OC[C@@H](O)[C@H](O)[C@H]6O)[C@@](C)(CO)[C@H]5CC[C@]43C)[C@@H]2C1. The lowest BCUT2D eigenvalue weighted by Gasteiger charge is -2.73. The maximum Gasteiger partial charge on any atom is 0.310 e. The minimum absolute atomic E-state index is 0.00704. The molecule has 0 aromatic carbocycles. The molecule has 0 unspecified atom stereocenters. The van der Waals surface area contributed by atoms with Gasteiger partial charge >= 0.3 is 5.97 Å². The van der Waals surface area contributed by atoms with Crippen molar-refractivity contribution in [3.8, 4) is 0 Å². The maximum absolute atomic E-state index is 13.1. The van der Waals surface area contributed by atoms with Crippen molar-refractivity contribution in [1.82, 2.24) is 0 Å². The van der Waals surface area contributed by atoms with Crippen molar-refractivity contribution >= 4 is 5.97 Å². The molecule has 1 heterocycles. The molecule has 1 saturated heterocycles. The zero-order valence-corrected chi connectivity index (χ0v) is 29.7. The molecule has 0 bridgehead atoms. The number of rotatable bonds is 7. The molecule has 6 aliphatic rings. The summed E-state index contributed by atoms with van der Waals surface area (Å²) in [5, 5.41) is 97.6. The largest absolute Gasteiger partial charge is 0.481 e. The molecule has 5 aliphatic carbocycles. The van der Waals surface area contributed by atoms with Crippen LogP contribution in [0.1, 0.15) is 86.0 Å². The minimum atomic E-state index is -1.62. The molecule has 9 N–H and O–H groups in total. The summed E-state index contributed by atoms with van der Waals surface area (Å²) in [6.07, 6.45) is -2.82. The summed E-state index contributed by atoms with van der Waals surface area (Å²) in [5.74, 6) is -2.39. The number of carboxylic acids is 1. The van der Waals surface area contributed by atoms with Gasteiger partial charge in [0.15, 0.2) is 6.29 Å². The molecule has 12 nitrogen and oxygen atoms in total. The highest BCUT2D eigenvalue weighted by Crippen LogP contribution is 2.77. The third-order valence-corrected chi connectivity index (χ3v) is 16.0. The van der Waals surface area contributed by atoms with E-state index in [9.17, 15) is 50.8 Å². The van der Waals surface area contributed by atoms with Crippen molar-refractivity contribution in [2.24, 2.45) is 56.2 Å². The fourth-order valence-electron chi connectivity index (χ4n) is 12.9. The number of carbonyl (C=O) groups is 1. The van der Waals surface area contributed by atoms with E-state index in [-0.39, 0.29) is 36.4 Å². The predicted octanol–water partition coefficient (Wildman–Crippen LogP) is 1.19. The van der Waals surface area contributed by atoms with E-state index in [2.05, 4.69) is 26.8 Å². The first-order valence-electron chi connectivity index (χ1n) is 18.3. The average Bonchev–Trinajstić information content (AvgIpc) is 3.06. The van der Waals surface area contributed by atoms with Gasteiger partial charge < -0.3 is 55.4 Å². The van der Waals surface area contributed by atoms with Gasteiger partial charge in [0, 0.05) is 17.9 Å². The second-order valence-corrected chi connectivity index (χ2v) is 18.1. The zero-order chi connectivity index (χ0) is 36.1. The van der Waals surface area contributed by atoms with Gasteiger partial charge in [0.05, 0.1) is 43.5 Å². The lowest BCUT2D eigenvalue weighted by Crippen LogP contribution is -2.74.